The predicted octanol–water partition coefficient (Wildman–Crippen LogP) is 1.71. The van der Waals surface area contributed by atoms with Crippen LogP contribution in [-0.4, -0.2) is 58.8 Å². The molecule has 10 nitrogen and oxygen atoms in total. The number of amides is 2. The average Bonchev–Trinajstić information content (AvgIpc) is 3.08. The molecule has 1 fully saturated rings. The van der Waals surface area contributed by atoms with Crippen molar-refractivity contribution in [2.45, 2.75) is 32.1 Å². The molecule has 0 aromatic heterocycles. The van der Waals surface area contributed by atoms with Crippen LogP contribution in [0.25, 0.3) is 10.4 Å². The summed E-state index contributed by atoms with van der Waals surface area (Å²) in [4.78, 5) is 41.6. The van der Waals surface area contributed by atoms with Gasteiger partial charge in [-0.15, -0.1) is 11.8 Å². The van der Waals surface area contributed by atoms with Gasteiger partial charge in [-0.05, 0) is 18.0 Å². The highest BCUT2D eigenvalue weighted by Gasteiger charge is 2.56. The van der Waals surface area contributed by atoms with Crippen LogP contribution >= 0.6 is 11.8 Å². The van der Waals surface area contributed by atoms with Gasteiger partial charge in [0, 0.05) is 28.5 Å². The second kappa shape index (κ2) is 10.3. The lowest BCUT2D eigenvalue weighted by molar-refractivity contribution is -0.162. The summed E-state index contributed by atoms with van der Waals surface area (Å²) in [5.74, 6) is -1.35. The predicted molar refractivity (Wildman–Crippen MR) is 113 cm³/mol. The van der Waals surface area contributed by atoms with Gasteiger partial charge in [0.2, 0.25) is 11.8 Å². The van der Waals surface area contributed by atoms with Gasteiger partial charge in [0.1, 0.15) is 18.8 Å². The summed E-state index contributed by atoms with van der Waals surface area (Å²) >= 11 is 1.36. The SMILES string of the molecule is C[C@@H](O)[C@H]1C(=O)N2C(C(=O)OCc3ccccc3)=C(SCCNC(=O)CN=[N+]=[N-])C[C@H]12. The molecule has 2 heterocycles. The Labute approximate surface area is 183 Å². The Hall–Kier alpha value is -3.01. The van der Waals surface area contributed by atoms with Crippen LogP contribution in [0.15, 0.2) is 46.0 Å². The lowest BCUT2D eigenvalue weighted by Crippen LogP contribution is -2.61. The molecule has 1 aromatic rings. The van der Waals surface area contributed by atoms with Crippen LogP contribution < -0.4 is 5.32 Å². The number of nitrogens with one attached hydrogen (secondary N) is 1. The van der Waals surface area contributed by atoms with Crippen molar-refractivity contribution < 1.29 is 24.2 Å². The van der Waals surface area contributed by atoms with Crippen LogP contribution in [0.1, 0.15) is 18.9 Å². The van der Waals surface area contributed by atoms with Crippen molar-refractivity contribution in [3.63, 3.8) is 0 Å². The second-order valence-corrected chi connectivity index (χ2v) is 8.36. The Kier molecular flexibility index (Phi) is 7.56. The van der Waals surface area contributed by atoms with E-state index in [1.807, 2.05) is 30.3 Å². The molecule has 0 aliphatic carbocycles. The molecule has 0 radical (unpaired) electrons. The molecule has 2 amide bonds. The molecule has 0 bridgehead atoms. The summed E-state index contributed by atoms with van der Waals surface area (Å²) in [5, 5.41) is 15.7. The van der Waals surface area contributed by atoms with Gasteiger partial charge >= 0.3 is 5.97 Å². The minimum atomic E-state index is -0.806. The maximum atomic E-state index is 12.8. The number of carbonyl (C=O) groups is 3. The Balaban J connectivity index is 1.65. The van der Waals surface area contributed by atoms with Crippen LogP contribution in [0.5, 0.6) is 0 Å². The van der Waals surface area contributed by atoms with Crippen LogP contribution in [0, 0.1) is 5.92 Å². The zero-order valence-electron chi connectivity index (χ0n) is 16.9. The highest BCUT2D eigenvalue weighted by Crippen LogP contribution is 2.47. The molecule has 0 saturated carbocycles. The van der Waals surface area contributed by atoms with E-state index in [4.69, 9.17) is 10.3 Å². The summed E-state index contributed by atoms with van der Waals surface area (Å²) in [5.41, 5.74) is 9.29. The lowest BCUT2D eigenvalue weighted by atomic mass is 9.83. The fourth-order valence-corrected chi connectivity index (χ4v) is 4.72. The highest BCUT2D eigenvalue weighted by molar-refractivity contribution is 8.03. The Bertz CT molecular complexity index is 929. The molecule has 2 aliphatic heterocycles. The van der Waals surface area contributed by atoms with Crippen molar-refractivity contribution in [3.05, 3.63) is 56.9 Å². The number of fused-ring (bicyclic) bond motifs is 1. The third kappa shape index (κ3) is 5.19. The van der Waals surface area contributed by atoms with E-state index in [-0.39, 0.29) is 30.8 Å². The minimum absolute atomic E-state index is 0.0864. The average molecular weight is 446 g/mol. The number of aliphatic hydroxyl groups is 1. The molecule has 3 rings (SSSR count). The number of azide groups is 1. The minimum Gasteiger partial charge on any atom is -0.456 e. The van der Waals surface area contributed by atoms with Gasteiger partial charge in [-0.2, -0.15) is 0 Å². The van der Waals surface area contributed by atoms with Crippen LogP contribution in [0.4, 0.5) is 0 Å². The summed E-state index contributed by atoms with van der Waals surface area (Å²) < 4.78 is 5.45. The van der Waals surface area contributed by atoms with Crippen molar-refractivity contribution in [1.29, 1.82) is 0 Å². The quantitative estimate of drug-likeness (QED) is 0.140. The van der Waals surface area contributed by atoms with Crippen molar-refractivity contribution >= 4 is 29.5 Å². The molecule has 164 valence electrons. The summed E-state index contributed by atoms with van der Waals surface area (Å²) in [6.07, 6.45) is -0.353. The number of hydrogen-bond acceptors (Lipinski definition) is 7. The fraction of sp³-hybridized carbons (Fsp3) is 0.450. The van der Waals surface area contributed by atoms with Crippen molar-refractivity contribution in [3.8, 4) is 0 Å². The van der Waals surface area contributed by atoms with Gasteiger partial charge in [-0.1, -0.05) is 35.4 Å². The monoisotopic (exact) mass is 445 g/mol. The number of thioether (sulfide) groups is 1. The second-order valence-electron chi connectivity index (χ2n) is 7.17. The van der Waals surface area contributed by atoms with Crippen LogP contribution in [0.2, 0.25) is 0 Å². The van der Waals surface area contributed by atoms with Crippen LogP contribution in [0.3, 0.4) is 0 Å². The molecular weight excluding hydrogens is 422 g/mol. The Morgan fingerprint density at radius 2 is 2.16 bits per heavy atom. The van der Waals surface area contributed by atoms with Gasteiger partial charge < -0.3 is 20.1 Å². The van der Waals surface area contributed by atoms with E-state index in [0.717, 1.165) is 5.56 Å². The number of nitrogens with zero attached hydrogens (tertiary/aromatic N) is 4. The number of β-lactam (4-membered cyclic amide) rings is 1. The van der Waals surface area contributed by atoms with Gasteiger partial charge in [-0.3, -0.25) is 9.59 Å². The van der Waals surface area contributed by atoms with Gasteiger partial charge in [0.05, 0.1) is 18.1 Å². The number of aliphatic hydroxyl groups excluding tert-OH is 1. The third-order valence-corrected chi connectivity index (χ3v) is 6.19. The van der Waals surface area contributed by atoms with Crippen molar-refractivity contribution in [1.82, 2.24) is 10.2 Å². The molecular formula is C20H23N5O5S. The maximum absolute atomic E-state index is 12.8. The number of benzene rings is 1. The number of carbonyl (C=O) groups excluding carboxylic acids is 3. The molecule has 0 unspecified atom stereocenters. The molecule has 0 spiro atoms. The molecule has 1 aromatic carbocycles. The standard InChI is InChI=1S/C20H23N5O5S/c1-12(26)17-14-9-15(31-8-7-22-16(27)10-23-24-21)18(25(14)19(17)28)20(29)30-11-13-5-3-2-4-6-13/h2-6,12,14,17,26H,7-11H2,1H3,(H,22,27)/t12-,14-,17-/m1/s1. The first-order valence-electron chi connectivity index (χ1n) is 9.79. The first-order valence-corrected chi connectivity index (χ1v) is 10.8. The third-order valence-electron chi connectivity index (χ3n) is 5.07. The van der Waals surface area contributed by atoms with Crippen molar-refractivity contribution in [2.24, 2.45) is 11.0 Å². The lowest BCUT2D eigenvalue weighted by Gasteiger charge is -2.44. The van der Waals surface area contributed by atoms with E-state index in [0.29, 0.717) is 23.6 Å². The topological polar surface area (TPSA) is 145 Å². The number of rotatable bonds is 10. The normalized spacial score (nSPS) is 20.5. The maximum Gasteiger partial charge on any atom is 0.356 e. The number of esters is 1. The van der Waals surface area contributed by atoms with Gasteiger partial charge in [0.15, 0.2) is 0 Å². The number of hydrogen-bond donors (Lipinski definition) is 2. The fourth-order valence-electron chi connectivity index (χ4n) is 3.66. The molecule has 3 atom stereocenters. The Morgan fingerprint density at radius 1 is 1.42 bits per heavy atom. The molecule has 31 heavy (non-hydrogen) atoms. The van der Waals surface area contributed by atoms with E-state index in [1.165, 1.54) is 16.7 Å². The Morgan fingerprint density at radius 3 is 2.84 bits per heavy atom. The number of ether oxygens (including phenoxy) is 1. The van der Waals surface area contributed by atoms with E-state index in [2.05, 4.69) is 15.3 Å². The summed E-state index contributed by atoms with van der Waals surface area (Å²) in [6, 6.07) is 8.96. The highest BCUT2D eigenvalue weighted by atomic mass is 32.2. The van der Waals surface area contributed by atoms with E-state index >= 15 is 0 Å². The molecule has 11 heteroatoms. The zero-order chi connectivity index (χ0) is 22.4. The van der Waals surface area contributed by atoms with Gasteiger partial charge in [-0.25, -0.2) is 4.79 Å². The van der Waals surface area contributed by atoms with E-state index < -0.39 is 23.9 Å². The molecule has 1 saturated heterocycles. The summed E-state index contributed by atoms with van der Waals surface area (Å²) in [6.45, 7) is 1.68. The zero-order valence-corrected chi connectivity index (χ0v) is 17.7. The molecule has 2 aliphatic rings. The largest absolute Gasteiger partial charge is 0.456 e. The van der Waals surface area contributed by atoms with Crippen LogP contribution in [-0.2, 0) is 25.7 Å². The first kappa shape index (κ1) is 22.7. The first-order chi connectivity index (χ1) is 14.9. The summed E-state index contributed by atoms with van der Waals surface area (Å²) in [7, 11) is 0. The van der Waals surface area contributed by atoms with E-state index in [1.54, 1.807) is 6.92 Å². The van der Waals surface area contributed by atoms with Gasteiger partial charge in [0.25, 0.3) is 0 Å². The van der Waals surface area contributed by atoms with E-state index in [9.17, 15) is 19.5 Å². The smallest absolute Gasteiger partial charge is 0.356 e. The molecule has 2 N–H and O–H groups in total. The van der Waals surface area contributed by atoms with Crippen molar-refractivity contribution in [2.75, 3.05) is 18.8 Å².